The van der Waals surface area contributed by atoms with Crippen LogP contribution >= 0.6 is 0 Å². The van der Waals surface area contributed by atoms with Crippen molar-refractivity contribution in [2.45, 2.75) is 63.2 Å². The van der Waals surface area contributed by atoms with Gasteiger partial charge in [-0.15, -0.1) is 0 Å². The maximum absolute atomic E-state index is 13.6. The summed E-state index contributed by atoms with van der Waals surface area (Å²) in [5, 5.41) is 2.82. The summed E-state index contributed by atoms with van der Waals surface area (Å²) in [4.78, 5) is 24.8. The van der Waals surface area contributed by atoms with Gasteiger partial charge in [0.1, 0.15) is 5.82 Å². The van der Waals surface area contributed by atoms with Crippen molar-refractivity contribution in [1.29, 1.82) is 0 Å². The van der Waals surface area contributed by atoms with E-state index in [1.54, 1.807) is 12.1 Å². The molecule has 146 valence electrons. The molecule has 1 N–H and O–H groups in total. The molecule has 0 heterocycles. The molecule has 27 heavy (non-hydrogen) atoms. The number of ether oxygens (including phenoxy) is 1. The number of allylic oxidation sites excluding steroid dienone is 1. The topological polar surface area (TPSA) is 55.4 Å². The van der Waals surface area contributed by atoms with Crippen molar-refractivity contribution in [2.24, 2.45) is 0 Å². The second-order valence-corrected chi connectivity index (χ2v) is 7.58. The van der Waals surface area contributed by atoms with Crippen LogP contribution in [0.5, 0.6) is 0 Å². The lowest BCUT2D eigenvalue weighted by Gasteiger charge is -2.27. The quantitative estimate of drug-likeness (QED) is 0.576. The number of amides is 1. The van der Waals surface area contributed by atoms with E-state index in [0.717, 1.165) is 32.1 Å². The van der Waals surface area contributed by atoms with E-state index in [9.17, 15) is 14.0 Å². The largest absolute Gasteiger partial charge is 0.455 e. The molecule has 0 unspecified atom stereocenters. The zero-order chi connectivity index (χ0) is 19.1. The zero-order valence-electron chi connectivity index (χ0n) is 15.8. The molecular weight excluding hydrogens is 345 g/mol. The number of esters is 1. The van der Waals surface area contributed by atoms with Crippen LogP contribution in [0.3, 0.4) is 0 Å². The van der Waals surface area contributed by atoms with Gasteiger partial charge in [0.05, 0.1) is 5.41 Å². The summed E-state index contributed by atoms with van der Waals surface area (Å²) < 4.78 is 19.0. The third-order valence-electron chi connectivity index (χ3n) is 5.71. The van der Waals surface area contributed by atoms with Gasteiger partial charge in [0.2, 0.25) is 0 Å². The minimum atomic E-state index is -0.824. The molecule has 3 rings (SSSR count). The van der Waals surface area contributed by atoms with Crippen molar-refractivity contribution < 1.29 is 18.7 Å². The van der Waals surface area contributed by atoms with Gasteiger partial charge in [-0.1, -0.05) is 36.6 Å². The lowest BCUT2D eigenvalue weighted by molar-refractivity contribution is -0.154. The molecule has 5 heteroatoms. The molecule has 1 aromatic rings. The summed E-state index contributed by atoms with van der Waals surface area (Å²) in [5.41, 5.74) is 1.22. The fourth-order valence-corrected chi connectivity index (χ4v) is 4.19. The van der Waals surface area contributed by atoms with Crippen molar-refractivity contribution in [3.63, 3.8) is 0 Å². The highest BCUT2D eigenvalue weighted by atomic mass is 19.1. The van der Waals surface area contributed by atoms with Gasteiger partial charge in [0.15, 0.2) is 6.61 Å². The molecule has 1 aromatic carbocycles. The first-order valence-electron chi connectivity index (χ1n) is 9.98. The van der Waals surface area contributed by atoms with Gasteiger partial charge in [-0.05, 0) is 62.6 Å². The minimum absolute atomic E-state index is 0.283. The molecule has 0 aliphatic heterocycles. The van der Waals surface area contributed by atoms with Crippen molar-refractivity contribution in [1.82, 2.24) is 5.32 Å². The normalized spacial score (nSPS) is 18.6. The van der Waals surface area contributed by atoms with Crippen LogP contribution in [-0.2, 0) is 19.7 Å². The van der Waals surface area contributed by atoms with Gasteiger partial charge < -0.3 is 10.1 Å². The van der Waals surface area contributed by atoms with Crippen LogP contribution in [0.4, 0.5) is 4.39 Å². The van der Waals surface area contributed by atoms with Crippen molar-refractivity contribution >= 4 is 11.9 Å². The number of carbonyl (C=O) groups is 2. The van der Waals surface area contributed by atoms with E-state index in [2.05, 4.69) is 11.4 Å². The highest BCUT2D eigenvalue weighted by Crippen LogP contribution is 2.42. The van der Waals surface area contributed by atoms with Gasteiger partial charge in [0, 0.05) is 6.54 Å². The van der Waals surface area contributed by atoms with E-state index in [-0.39, 0.29) is 18.3 Å². The fourth-order valence-electron chi connectivity index (χ4n) is 4.19. The summed E-state index contributed by atoms with van der Waals surface area (Å²) in [7, 11) is 0. The second kappa shape index (κ2) is 9.16. The van der Waals surface area contributed by atoms with Crippen LogP contribution in [0.2, 0.25) is 0 Å². The maximum atomic E-state index is 13.6. The van der Waals surface area contributed by atoms with Gasteiger partial charge in [-0.2, -0.15) is 0 Å². The molecule has 0 bridgehead atoms. The van der Waals surface area contributed by atoms with Crippen LogP contribution in [-0.4, -0.2) is 25.0 Å². The fraction of sp³-hybridized carbons (Fsp3) is 0.545. The Labute approximate surface area is 160 Å². The molecule has 1 saturated carbocycles. The third-order valence-corrected chi connectivity index (χ3v) is 5.71. The van der Waals surface area contributed by atoms with Crippen LogP contribution in [0.25, 0.3) is 0 Å². The number of hydrogen-bond acceptors (Lipinski definition) is 3. The molecule has 2 aliphatic rings. The van der Waals surface area contributed by atoms with Crippen molar-refractivity contribution in [3.8, 4) is 0 Å². The van der Waals surface area contributed by atoms with E-state index < -0.39 is 11.4 Å². The van der Waals surface area contributed by atoms with Gasteiger partial charge in [-0.25, -0.2) is 4.39 Å². The van der Waals surface area contributed by atoms with Crippen molar-refractivity contribution in [2.75, 3.05) is 13.2 Å². The maximum Gasteiger partial charge on any atom is 0.317 e. The number of carbonyl (C=O) groups excluding carboxylic acids is 2. The van der Waals surface area contributed by atoms with Gasteiger partial charge >= 0.3 is 5.97 Å². The van der Waals surface area contributed by atoms with E-state index in [4.69, 9.17) is 4.74 Å². The summed E-state index contributed by atoms with van der Waals surface area (Å²) >= 11 is 0. The third kappa shape index (κ3) is 4.96. The number of nitrogens with one attached hydrogen (secondary N) is 1. The first-order chi connectivity index (χ1) is 13.1. The van der Waals surface area contributed by atoms with E-state index in [1.165, 1.54) is 30.5 Å². The highest BCUT2D eigenvalue weighted by molar-refractivity contribution is 5.86. The number of halogens is 1. The smallest absolute Gasteiger partial charge is 0.317 e. The highest BCUT2D eigenvalue weighted by Gasteiger charge is 2.44. The Morgan fingerprint density at radius 2 is 1.96 bits per heavy atom. The summed E-state index contributed by atoms with van der Waals surface area (Å²) in [6.07, 6.45) is 10.9. The minimum Gasteiger partial charge on any atom is -0.455 e. The van der Waals surface area contributed by atoms with E-state index in [0.29, 0.717) is 24.9 Å². The van der Waals surface area contributed by atoms with Crippen LogP contribution in [0.15, 0.2) is 35.9 Å². The Morgan fingerprint density at radius 3 is 2.67 bits per heavy atom. The molecule has 2 aliphatic carbocycles. The van der Waals surface area contributed by atoms with Crippen LogP contribution < -0.4 is 5.32 Å². The van der Waals surface area contributed by atoms with Crippen LogP contribution in [0.1, 0.15) is 63.4 Å². The number of rotatable bonds is 7. The van der Waals surface area contributed by atoms with E-state index >= 15 is 0 Å². The first kappa shape index (κ1) is 19.6. The zero-order valence-corrected chi connectivity index (χ0v) is 15.8. The first-order valence-corrected chi connectivity index (χ1v) is 9.98. The predicted octanol–water partition coefficient (Wildman–Crippen LogP) is 4.19. The van der Waals surface area contributed by atoms with Gasteiger partial charge in [-0.3, -0.25) is 9.59 Å². The molecule has 0 radical (unpaired) electrons. The monoisotopic (exact) mass is 373 g/mol. The molecule has 4 nitrogen and oxygen atoms in total. The predicted molar refractivity (Wildman–Crippen MR) is 102 cm³/mol. The Morgan fingerprint density at radius 1 is 1.15 bits per heavy atom. The number of hydrogen-bond donors (Lipinski definition) is 1. The Bertz CT molecular complexity index is 707. The van der Waals surface area contributed by atoms with Crippen LogP contribution in [0, 0.1) is 5.82 Å². The summed E-state index contributed by atoms with van der Waals surface area (Å²) in [6.45, 7) is 0.284. The molecule has 0 atom stereocenters. The molecular formula is C22H28FNO3. The van der Waals surface area contributed by atoms with Crippen molar-refractivity contribution in [3.05, 3.63) is 47.3 Å². The molecule has 1 amide bonds. The molecule has 0 saturated heterocycles. The van der Waals surface area contributed by atoms with Gasteiger partial charge in [0.25, 0.3) is 5.91 Å². The molecule has 0 spiro atoms. The summed E-state index contributed by atoms with van der Waals surface area (Å²) in [5.74, 6) is -1.07. The SMILES string of the molecule is O=C(COC(=O)C1(c2cccc(F)c2)CCCC1)NCCC1=CCCCC1. The Kier molecular flexibility index (Phi) is 6.64. The lowest BCUT2D eigenvalue weighted by Crippen LogP contribution is -2.38. The standard InChI is InChI=1S/C22H28FNO3/c23-19-10-6-9-18(15-19)22(12-4-5-13-22)21(26)27-16-20(25)24-14-11-17-7-2-1-3-8-17/h6-7,9-10,15H,1-5,8,11-14,16H2,(H,24,25). The average molecular weight is 373 g/mol. The average Bonchev–Trinajstić information content (AvgIpc) is 3.18. The molecule has 1 fully saturated rings. The van der Waals surface area contributed by atoms with E-state index in [1.807, 2.05) is 0 Å². The number of benzene rings is 1. The summed E-state index contributed by atoms with van der Waals surface area (Å²) in [6, 6.07) is 6.16. The lowest BCUT2D eigenvalue weighted by atomic mass is 9.79. The molecule has 0 aromatic heterocycles. The Hall–Kier alpha value is -2.17. The Balaban J connectivity index is 1.51. The second-order valence-electron chi connectivity index (χ2n) is 7.58.